The average Bonchev–Trinajstić information content (AvgIpc) is 2.97. The van der Waals surface area contributed by atoms with E-state index in [2.05, 4.69) is 15.9 Å². The number of unbranched alkanes of at least 4 members (excludes halogenated alkanes) is 2. The van der Waals surface area contributed by atoms with Gasteiger partial charge in [-0.3, -0.25) is 14.5 Å². The topological polar surface area (TPSA) is 65.1 Å². The molecule has 0 aromatic heterocycles. The maximum atomic E-state index is 12.8. The van der Waals surface area contributed by atoms with Crippen molar-refractivity contribution in [2.24, 2.45) is 0 Å². The average molecular weight is 516 g/mol. The Morgan fingerprint density at radius 2 is 2.00 bits per heavy atom. The number of carbonyl (C=O) groups excluding carboxylic acids is 2. The fourth-order valence-corrected chi connectivity index (χ4v) is 4.78. The van der Waals surface area contributed by atoms with Crippen molar-refractivity contribution < 1.29 is 23.8 Å². The van der Waals surface area contributed by atoms with Gasteiger partial charge in [-0.05, 0) is 66.4 Å². The summed E-state index contributed by atoms with van der Waals surface area (Å²) in [6.07, 6.45) is 4.56. The number of esters is 1. The molecule has 30 heavy (non-hydrogen) atoms. The number of thiocarbonyl (C=S) groups is 1. The highest BCUT2D eigenvalue weighted by Gasteiger charge is 2.31. The van der Waals surface area contributed by atoms with Crippen LogP contribution in [0.1, 0.15) is 45.1 Å². The number of methoxy groups -OCH3 is 1. The summed E-state index contributed by atoms with van der Waals surface area (Å²) in [6.45, 7) is 5.16. The molecule has 0 unspecified atom stereocenters. The summed E-state index contributed by atoms with van der Waals surface area (Å²) < 4.78 is 17.2. The van der Waals surface area contributed by atoms with Gasteiger partial charge in [-0.15, -0.1) is 0 Å². The maximum absolute atomic E-state index is 12.8. The summed E-state index contributed by atoms with van der Waals surface area (Å²) in [5.41, 5.74) is 0.817. The van der Waals surface area contributed by atoms with Crippen LogP contribution in [-0.2, 0) is 14.3 Å². The molecular formula is C21H26BrNO5S2. The van der Waals surface area contributed by atoms with Crippen molar-refractivity contribution in [1.29, 1.82) is 0 Å². The minimum atomic E-state index is -0.178. The molecule has 2 rings (SSSR count). The van der Waals surface area contributed by atoms with Crippen LogP contribution >= 0.6 is 39.9 Å². The fraction of sp³-hybridized carbons (Fsp3) is 0.476. The molecule has 0 spiro atoms. The van der Waals surface area contributed by atoms with E-state index in [9.17, 15) is 9.59 Å². The van der Waals surface area contributed by atoms with Gasteiger partial charge in [0, 0.05) is 13.0 Å². The second kappa shape index (κ2) is 12.3. The lowest BCUT2D eigenvalue weighted by molar-refractivity contribution is -0.143. The number of benzene rings is 1. The third-order valence-corrected chi connectivity index (χ3v) is 6.25. The van der Waals surface area contributed by atoms with Crippen molar-refractivity contribution in [3.05, 3.63) is 27.1 Å². The highest BCUT2D eigenvalue weighted by Crippen LogP contribution is 2.39. The smallest absolute Gasteiger partial charge is 0.305 e. The molecule has 1 aliphatic heterocycles. The summed E-state index contributed by atoms with van der Waals surface area (Å²) in [6, 6.07) is 3.72. The molecule has 164 valence electrons. The Bertz CT molecular complexity index is 828. The van der Waals surface area contributed by atoms with E-state index in [0.29, 0.717) is 46.9 Å². The maximum Gasteiger partial charge on any atom is 0.305 e. The van der Waals surface area contributed by atoms with Gasteiger partial charge >= 0.3 is 5.97 Å². The summed E-state index contributed by atoms with van der Waals surface area (Å²) >= 11 is 10.2. The van der Waals surface area contributed by atoms with E-state index in [0.717, 1.165) is 29.3 Å². The van der Waals surface area contributed by atoms with Crippen LogP contribution in [0.2, 0.25) is 0 Å². The molecule has 1 heterocycles. The van der Waals surface area contributed by atoms with Crippen LogP contribution in [0.3, 0.4) is 0 Å². The Labute approximate surface area is 195 Å². The van der Waals surface area contributed by atoms with Gasteiger partial charge in [0.1, 0.15) is 4.32 Å². The Morgan fingerprint density at radius 3 is 2.67 bits per heavy atom. The molecular weight excluding hydrogens is 490 g/mol. The SMILES string of the molecule is CCOC(=O)CCCCCN1C(=O)/C(=C/c2cc(Br)c(OCC)c(OC)c2)SC1=S. The number of halogens is 1. The molecule has 0 N–H and O–H groups in total. The molecule has 9 heteroatoms. The van der Waals surface area contributed by atoms with Crippen LogP contribution in [-0.4, -0.2) is 48.0 Å². The zero-order valence-electron chi connectivity index (χ0n) is 17.4. The molecule has 0 radical (unpaired) electrons. The van der Waals surface area contributed by atoms with Gasteiger partial charge in [0.15, 0.2) is 11.5 Å². The van der Waals surface area contributed by atoms with Gasteiger partial charge in [0.2, 0.25) is 0 Å². The van der Waals surface area contributed by atoms with Crippen molar-refractivity contribution in [2.45, 2.75) is 39.5 Å². The number of carbonyl (C=O) groups is 2. The lowest BCUT2D eigenvalue weighted by Gasteiger charge is -2.14. The van der Waals surface area contributed by atoms with Crippen LogP contribution in [0.15, 0.2) is 21.5 Å². The van der Waals surface area contributed by atoms with Gasteiger partial charge in [-0.1, -0.05) is 30.4 Å². The lowest BCUT2D eigenvalue weighted by atomic mass is 10.1. The minimum Gasteiger partial charge on any atom is -0.493 e. The summed E-state index contributed by atoms with van der Waals surface area (Å²) in [5, 5.41) is 0. The normalized spacial score (nSPS) is 15.1. The van der Waals surface area contributed by atoms with E-state index in [4.69, 9.17) is 26.4 Å². The number of hydrogen-bond donors (Lipinski definition) is 0. The first-order valence-corrected chi connectivity index (χ1v) is 11.8. The van der Waals surface area contributed by atoms with Gasteiger partial charge < -0.3 is 14.2 Å². The molecule has 1 amide bonds. The number of amides is 1. The van der Waals surface area contributed by atoms with Gasteiger partial charge in [0.05, 0.1) is 29.7 Å². The predicted molar refractivity (Wildman–Crippen MR) is 127 cm³/mol. The number of ether oxygens (including phenoxy) is 3. The van der Waals surface area contributed by atoms with E-state index in [1.807, 2.05) is 25.1 Å². The van der Waals surface area contributed by atoms with Crippen LogP contribution < -0.4 is 9.47 Å². The van der Waals surface area contributed by atoms with E-state index >= 15 is 0 Å². The van der Waals surface area contributed by atoms with Crippen LogP contribution in [0.5, 0.6) is 11.5 Å². The van der Waals surface area contributed by atoms with E-state index in [1.54, 1.807) is 18.9 Å². The van der Waals surface area contributed by atoms with Crippen molar-refractivity contribution in [2.75, 3.05) is 26.9 Å². The number of nitrogens with zero attached hydrogens (tertiary/aromatic N) is 1. The standard InChI is InChI=1S/C21H26BrNO5S2/c1-4-27-18(24)9-7-6-8-10-23-20(25)17(30-21(23)29)13-14-11-15(22)19(28-5-2)16(12-14)26-3/h11-13H,4-10H2,1-3H3/b17-13-. The number of rotatable bonds is 11. The van der Waals surface area contributed by atoms with Crippen molar-refractivity contribution in [3.8, 4) is 11.5 Å². The quantitative estimate of drug-likeness (QED) is 0.174. The highest BCUT2D eigenvalue weighted by atomic mass is 79.9. The fourth-order valence-electron chi connectivity index (χ4n) is 2.90. The Hall–Kier alpha value is -1.58. The van der Waals surface area contributed by atoms with E-state index < -0.39 is 0 Å². The third kappa shape index (κ3) is 6.72. The minimum absolute atomic E-state index is 0.0978. The first kappa shape index (κ1) is 24.7. The lowest BCUT2D eigenvalue weighted by Crippen LogP contribution is -2.29. The second-order valence-electron chi connectivity index (χ2n) is 6.42. The highest BCUT2D eigenvalue weighted by molar-refractivity contribution is 9.10. The van der Waals surface area contributed by atoms with Crippen molar-refractivity contribution in [3.63, 3.8) is 0 Å². The molecule has 1 aromatic rings. The zero-order valence-corrected chi connectivity index (χ0v) is 20.6. The molecule has 0 bridgehead atoms. The predicted octanol–water partition coefficient (Wildman–Crippen LogP) is 5.18. The summed E-state index contributed by atoms with van der Waals surface area (Å²) in [5.74, 6) is 0.949. The molecule has 0 atom stereocenters. The largest absolute Gasteiger partial charge is 0.493 e. The first-order valence-electron chi connectivity index (χ1n) is 9.82. The summed E-state index contributed by atoms with van der Waals surface area (Å²) in [7, 11) is 1.58. The summed E-state index contributed by atoms with van der Waals surface area (Å²) in [4.78, 5) is 26.4. The first-order chi connectivity index (χ1) is 14.4. The molecule has 6 nitrogen and oxygen atoms in total. The second-order valence-corrected chi connectivity index (χ2v) is 8.95. The Balaban J connectivity index is 1.99. The van der Waals surface area contributed by atoms with Gasteiger partial charge in [0.25, 0.3) is 5.91 Å². The van der Waals surface area contributed by atoms with Crippen LogP contribution in [0.4, 0.5) is 0 Å². The van der Waals surface area contributed by atoms with Crippen molar-refractivity contribution >= 4 is 62.2 Å². The van der Waals surface area contributed by atoms with Crippen molar-refractivity contribution in [1.82, 2.24) is 4.90 Å². The Kier molecular flexibility index (Phi) is 10.1. The molecule has 1 fully saturated rings. The van der Waals surface area contributed by atoms with Crippen LogP contribution in [0, 0.1) is 0 Å². The van der Waals surface area contributed by atoms with E-state index in [1.165, 1.54) is 11.8 Å². The third-order valence-electron chi connectivity index (χ3n) is 4.28. The molecule has 0 aliphatic carbocycles. The number of hydrogen-bond acceptors (Lipinski definition) is 7. The zero-order chi connectivity index (χ0) is 22.1. The molecule has 0 saturated carbocycles. The Morgan fingerprint density at radius 1 is 1.23 bits per heavy atom. The number of thioether (sulfide) groups is 1. The monoisotopic (exact) mass is 515 g/mol. The molecule has 1 aliphatic rings. The van der Waals surface area contributed by atoms with E-state index in [-0.39, 0.29) is 11.9 Å². The van der Waals surface area contributed by atoms with Gasteiger partial charge in [-0.25, -0.2) is 0 Å². The molecule has 1 aromatic carbocycles. The van der Waals surface area contributed by atoms with Gasteiger partial charge in [-0.2, -0.15) is 0 Å². The molecule has 1 saturated heterocycles. The van der Waals surface area contributed by atoms with Crippen LogP contribution in [0.25, 0.3) is 6.08 Å².